The Bertz CT molecular complexity index is 2320. The van der Waals surface area contributed by atoms with Gasteiger partial charge in [0.05, 0.1) is 26.4 Å². The molecule has 5 atom stereocenters. The minimum atomic E-state index is -4.93. The van der Waals surface area contributed by atoms with Crippen LogP contribution in [-0.4, -0.2) is 95.9 Å². The van der Waals surface area contributed by atoms with Crippen LogP contribution < -0.4 is 0 Å². The molecule has 0 spiro atoms. The van der Waals surface area contributed by atoms with Crippen LogP contribution in [0.4, 0.5) is 0 Å². The predicted molar refractivity (Wildman–Crippen MR) is 417 cm³/mol. The number of esters is 3. The van der Waals surface area contributed by atoms with E-state index in [1.165, 1.54) is 103 Å². The van der Waals surface area contributed by atoms with Gasteiger partial charge in [-0.1, -0.05) is 303 Å². The molecule has 0 aliphatic rings. The highest BCUT2D eigenvalue weighted by molar-refractivity contribution is 7.47. The van der Waals surface area contributed by atoms with Crippen molar-refractivity contribution in [3.8, 4) is 0 Å². The maximum absolute atomic E-state index is 12.9. The summed E-state index contributed by atoms with van der Waals surface area (Å²) in [6.45, 7) is 2.45. The third-order valence-electron chi connectivity index (χ3n) is 16.7. The molecule has 18 heteroatoms. The SMILES string of the molecule is CC/C=C\C/C=C\C/C=C\C/C=C\C/C=C\C/C=C\CCCCCCCCCCCCCCCCC(=O)OCC(O)COP(=O)(O)OCC(O)COP(=O)(O)OCC(COC(=O)CCCCCCCCC/C=C\C/C=C\C/C=C\CC)OC(=O)CCCCCCC/C=C\CCCCCCCC. The molecule has 0 heterocycles. The zero-order valence-corrected chi connectivity index (χ0v) is 65.3. The van der Waals surface area contributed by atoms with Crippen molar-refractivity contribution in [2.75, 3.05) is 39.6 Å². The maximum Gasteiger partial charge on any atom is 0.472 e. The van der Waals surface area contributed by atoms with E-state index in [4.69, 9.17) is 32.3 Å². The summed E-state index contributed by atoms with van der Waals surface area (Å²) in [6, 6.07) is 0. The van der Waals surface area contributed by atoms with E-state index in [9.17, 15) is 43.5 Å². The molecule has 0 saturated carbocycles. The van der Waals surface area contributed by atoms with E-state index in [2.05, 4.69) is 142 Å². The van der Waals surface area contributed by atoms with Crippen molar-refractivity contribution in [1.29, 1.82) is 0 Å². The second-order valence-electron chi connectivity index (χ2n) is 26.5. The van der Waals surface area contributed by atoms with Gasteiger partial charge in [-0.3, -0.25) is 32.5 Å². The van der Waals surface area contributed by atoms with E-state index < -0.39 is 91.5 Å². The Kier molecular flexibility index (Phi) is 72.6. The molecule has 0 saturated heterocycles. The van der Waals surface area contributed by atoms with Gasteiger partial charge in [-0.15, -0.1) is 0 Å². The number of aliphatic hydroxyl groups excluding tert-OH is 2. The fraction of sp³-hybridized carbons (Fsp3) is 0.723. The van der Waals surface area contributed by atoms with Crippen LogP contribution >= 0.6 is 15.6 Å². The molecule has 0 aliphatic heterocycles. The minimum Gasteiger partial charge on any atom is -0.463 e. The lowest BCUT2D eigenvalue weighted by atomic mass is 10.0. The van der Waals surface area contributed by atoms with Gasteiger partial charge in [0.15, 0.2) is 6.10 Å². The number of carbonyl (C=O) groups excluding carboxylic acids is 3. The van der Waals surface area contributed by atoms with Gasteiger partial charge in [0.2, 0.25) is 0 Å². The monoisotopic (exact) mass is 1460 g/mol. The van der Waals surface area contributed by atoms with Crippen LogP contribution in [0.25, 0.3) is 0 Å². The Morgan fingerprint density at radius 3 is 0.842 bits per heavy atom. The van der Waals surface area contributed by atoms with Gasteiger partial charge in [-0.25, -0.2) is 9.13 Å². The third kappa shape index (κ3) is 76.9. The topological polar surface area (TPSA) is 231 Å². The summed E-state index contributed by atoms with van der Waals surface area (Å²) in [7, 11) is -9.79. The second-order valence-corrected chi connectivity index (χ2v) is 29.4. The van der Waals surface area contributed by atoms with E-state index in [1.807, 2.05) is 0 Å². The van der Waals surface area contributed by atoms with Crippen molar-refractivity contribution in [2.24, 2.45) is 0 Å². The second kappa shape index (κ2) is 75.6. The van der Waals surface area contributed by atoms with E-state index in [0.717, 1.165) is 167 Å². The zero-order valence-electron chi connectivity index (χ0n) is 63.5. The normalized spacial score (nSPS) is 14.6. The van der Waals surface area contributed by atoms with E-state index in [-0.39, 0.29) is 19.3 Å². The molecule has 582 valence electrons. The number of carbonyl (C=O) groups is 3. The average Bonchev–Trinajstić information content (AvgIpc) is 1.12. The van der Waals surface area contributed by atoms with Crippen LogP contribution in [-0.2, 0) is 55.8 Å². The van der Waals surface area contributed by atoms with Crippen LogP contribution in [0.5, 0.6) is 0 Å². The molecule has 0 radical (unpaired) electrons. The van der Waals surface area contributed by atoms with Crippen LogP contribution in [0.2, 0.25) is 0 Å². The first-order chi connectivity index (χ1) is 49.2. The standard InChI is InChI=1S/C83H144O16P2/c1-4-7-10-13-16-19-22-25-28-30-31-32-33-34-35-36-37-38-39-40-41-42-43-44-45-47-50-51-54-57-60-63-66-69-81(86)93-72-78(84)73-95-100(89,90)96-74-79(85)75-97-101(91,92)98-77-80(99-83(88)71-68-65-62-59-56-53-48-27-24-21-18-15-12-9-6-3)76-94-82(87)70-67-64-61-58-55-52-49-46-29-26-23-20-17-14-11-8-5-2/h7-8,10-11,16-17,19-20,25-29,31-32,34-35,37-38,48,78-80,84-85H,4-6,9,12-15,18,21-24,30,33,36,39-47,49-77H2,1-3H3,(H,89,90)(H,91,92)/b10-7-,11-8-,19-16-,20-17-,28-25-,29-26-,32-31-,35-34-,38-37-,48-27-. The molecule has 0 aromatic heterocycles. The summed E-state index contributed by atoms with van der Waals surface area (Å²) < 4.78 is 61.1. The van der Waals surface area contributed by atoms with E-state index >= 15 is 0 Å². The Hall–Kier alpha value is -4.05. The molecule has 0 amide bonds. The van der Waals surface area contributed by atoms with Crippen molar-refractivity contribution in [3.63, 3.8) is 0 Å². The third-order valence-corrected chi connectivity index (χ3v) is 18.6. The lowest BCUT2D eigenvalue weighted by Gasteiger charge is -2.21. The quantitative estimate of drug-likeness (QED) is 0.0146. The minimum absolute atomic E-state index is 0.0925. The van der Waals surface area contributed by atoms with Crippen LogP contribution in [0.3, 0.4) is 0 Å². The fourth-order valence-corrected chi connectivity index (χ4v) is 12.2. The molecule has 0 bridgehead atoms. The number of ether oxygens (including phenoxy) is 3. The number of allylic oxidation sites excluding steroid dienone is 20. The summed E-state index contributed by atoms with van der Waals surface area (Å²) in [5.74, 6) is -1.59. The molecule has 0 aromatic rings. The first-order valence-corrected chi connectivity index (χ1v) is 42.8. The Balaban J connectivity index is 4.43. The largest absolute Gasteiger partial charge is 0.472 e. The van der Waals surface area contributed by atoms with Crippen molar-refractivity contribution < 1.29 is 75.8 Å². The van der Waals surface area contributed by atoms with Gasteiger partial charge in [0.1, 0.15) is 25.4 Å². The molecule has 0 aromatic carbocycles. The zero-order chi connectivity index (χ0) is 73.7. The Morgan fingerprint density at radius 1 is 0.287 bits per heavy atom. The van der Waals surface area contributed by atoms with Gasteiger partial charge < -0.3 is 34.2 Å². The fourth-order valence-electron chi connectivity index (χ4n) is 10.6. The van der Waals surface area contributed by atoms with Crippen molar-refractivity contribution >= 4 is 33.6 Å². The van der Waals surface area contributed by atoms with Crippen LogP contribution in [0.1, 0.15) is 329 Å². The van der Waals surface area contributed by atoms with Gasteiger partial charge in [0, 0.05) is 19.3 Å². The Labute approximate surface area is 614 Å². The molecule has 4 N–H and O–H groups in total. The highest BCUT2D eigenvalue weighted by atomic mass is 31.2. The lowest BCUT2D eigenvalue weighted by molar-refractivity contribution is -0.161. The summed E-state index contributed by atoms with van der Waals surface area (Å²) in [5.41, 5.74) is 0. The molecule has 101 heavy (non-hydrogen) atoms. The molecule has 0 rings (SSSR count). The lowest BCUT2D eigenvalue weighted by Crippen LogP contribution is -2.30. The molecular formula is C83H144O16P2. The highest BCUT2D eigenvalue weighted by Crippen LogP contribution is 2.45. The smallest absolute Gasteiger partial charge is 0.463 e. The van der Waals surface area contributed by atoms with Crippen molar-refractivity contribution in [1.82, 2.24) is 0 Å². The summed E-state index contributed by atoms with van der Waals surface area (Å²) in [4.78, 5) is 58.6. The highest BCUT2D eigenvalue weighted by Gasteiger charge is 2.29. The Morgan fingerprint density at radius 2 is 0.525 bits per heavy atom. The van der Waals surface area contributed by atoms with E-state index in [1.54, 1.807) is 0 Å². The summed E-state index contributed by atoms with van der Waals surface area (Å²) in [5, 5.41) is 20.6. The van der Waals surface area contributed by atoms with Crippen molar-refractivity contribution in [2.45, 2.75) is 347 Å². The number of hydrogen-bond donors (Lipinski definition) is 4. The van der Waals surface area contributed by atoms with Crippen LogP contribution in [0.15, 0.2) is 122 Å². The number of hydrogen-bond acceptors (Lipinski definition) is 14. The van der Waals surface area contributed by atoms with Crippen molar-refractivity contribution in [3.05, 3.63) is 122 Å². The molecule has 5 unspecified atom stereocenters. The predicted octanol–water partition coefficient (Wildman–Crippen LogP) is 23.3. The average molecular weight is 1460 g/mol. The maximum atomic E-state index is 12.9. The number of unbranched alkanes of at least 4 members (excludes halogenated alkanes) is 32. The first kappa shape index (κ1) is 97.0. The van der Waals surface area contributed by atoms with Gasteiger partial charge in [0.25, 0.3) is 0 Å². The molecule has 0 fully saturated rings. The molecule has 0 aliphatic carbocycles. The number of phosphoric acid groups is 2. The van der Waals surface area contributed by atoms with Gasteiger partial charge in [-0.05, 0) is 128 Å². The molecular weight excluding hydrogens is 1310 g/mol. The summed E-state index contributed by atoms with van der Waals surface area (Å²) >= 11 is 0. The van der Waals surface area contributed by atoms with Gasteiger partial charge >= 0.3 is 33.6 Å². The number of rotatable bonds is 75. The summed E-state index contributed by atoms with van der Waals surface area (Å²) in [6.07, 6.45) is 89.7. The van der Waals surface area contributed by atoms with Crippen LogP contribution in [0, 0.1) is 0 Å². The molecule has 16 nitrogen and oxygen atoms in total. The van der Waals surface area contributed by atoms with Gasteiger partial charge in [-0.2, -0.15) is 0 Å². The van der Waals surface area contributed by atoms with E-state index in [0.29, 0.717) is 19.3 Å². The first-order valence-electron chi connectivity index (χ1n) is 39.8. The number of phosphoric ester groups is 2. The number of aliphatic hydroxyl groups is 2.